The number of carbonyl (C=O) groups is 1. The highest BCUT2D eigenvalue weighted by Crippen LogP contribution is 2.26. The van der Waals surface area contributed by atoms with Crippen molar-refractivity contribution in [3.63, 3.8) is 0 Å². The van der Waals surface area contributed by atoms with Gasteiger partial charge in [0.05, 0.1) is 36.0 Å². The predicted molar refractivity (Wildman–Crippen MR) is 94.9 cm³/mol. The molecule has 5 heterocycles. The highest BCUT2D eigenvalue weighted by atomic mass is 35.5. The molecule has 1 aliphatic rings. The summed E-state index contributed by atoms with van der Waals surface area (Å²) in [6.07, 6.45) is 6.57. The fraction of sp³-hybridized carbons (Fsp3) is 0.167. The topological polar surface area (TPSA) is 68.6 Å². The van der Waals surface area contributed by atoms with Crippen LogP contribution in [-0.2, 0) is 13.1 Å². The molecule has 7 nitrogen and oxygen atoms in total. The number of carbonyl (C=O) groups excluding carboxylic acids is 1. The molecule has 0 aromatic carbocycles. The molecule has 0 N–H and O–H groups in total. The van der Waals surface area contributed by atoms with Crippen molar-refractivity contribution in [2.75, 3.05) is 6.54 Å². The number of hydrogen-bond donors (Lipinski definition) is 0. The Hall–Kier alpha value is -3.06. The van der Waals surface area contributed by atoms with E-state index in [9.17, 15) is 4.79 Å². The average Bonchev–Trinajstić information content (AvgIpc) is 3.38. The van der Waals surface area contributed by atoms with Gasteiger partial charge in [0.15, 0.2) is 11.3 Å². The van der Waals surface area contributed by atoms with Crippen molar-refractivity contribution in [1.29, 1.82) is 0 Å². The van der Waals surface area contributed by atoms with E-state index in [-0.39, 0.29) is 5.91 Å². The predicted octanol–water partition coefficient (Wildman–Crippen LogP) is 3.10. The SMILES string of the molecule is O=C(c1cc2ncc(Cl)cn2n1)N1CCn2c(ccc2-c2ccoc2)C1. The molecule has 4 aromatic heterocycles. The van der Waals surface area contributed by atoms with E-state index in [2.05, 4.69) is 20.7 Å². The number of fused-ring (bicyclic) bond motifs is 2. The number of rotatable bonds is 2. The Bertz CT molecular complexity index is 1110. The van der Waals surface area contributed by atoms with Gasteiger partial charge in [0, 0.05) is 36.6 Å². The number of nitrogens with zero attached hydrogens (tertiary/aromatic N) is 5. The van der Waals surface area contributed by atoms with Crippen LogP contribution >= 0.6 is 11.6 Å². The summed E-state index contributed by atoms with van der Waals surface area (Å²) >= 11 is 5.93. The fourth-order valence-corrected chi connectivity index (χ4v) is 3.50. The summed E-state index contributed by atoms with van der Waals surface area (Å²) in [5, 5.41) is 4.78. The Labute approximate surface area is 153 Å². The maximum Gasteiger partial charge on any atom is 0.274 e. The number of amides is 1. The van der Waals surface area contributed by atoms with Gasteiger partial charge in [-0.2, -0.15) is 5.10 Å². The quantitative estimate of drug-likeness (QED) is 0.546. The van der Waals surface area contributed by atoms with E-state index < -0.39 is 0 Å². The molecule has 4 aromatic rings. The molecule has 0 bridgehead atoms. The van der Waals surface area contributed by atoms with Crippen LogP contribution in [0.15, 0.2) is 53.6 Å². The summed E-state index contributed by atoms with van der Waals surface area (Å²) in [4.78, 5) is 18.8. The molecule has 0 saturated heterocycles. The van der Waals surface area contributed by atoms with Crippen LogP contribution in [0.2, 0.25) is 5.02 Å². The molecule has 0 spiro atoms. The van der Waals surface area contributed by atoms with Crippen molar-refractivity contribution in [2.24, 2.45) is 0 Å². The van der Waals surface area contributed by atoms with Crippen molar-refractivity contribution in [3.05, 3.63) is 65.6 Å². The molecular weight excluding hydrogens is 354 g/mol. The summed E-state index contributed by atoms with van der Waals surface area (Å²) in [5.74, 6) is -0.107. The maximum absolute atomic E-state index is 12.9. The number of halogens is 1. The zero-order valence-corrected chi connectivity index (χ0v) is 14.4. The normalized spacial score (nSPS) is 14.0. The van der Waals surface area contributed by atoms with Crippen LogP contribution in [0.1, 0.15) is 16.2 Å². The second-order valence-electron chi connectivity index (χ2n) is 6.20. The highest BCUT2D eigenvalue weighted by Gasteiger charge is 2.25. The summed E-state index contributed by atoms with van der Waals surface area (Å²) in [7, 11) is 0. The van der Waals surface area contributed by atoms with E-state index >= 15 is 0 Å². The minimum atomic E-state index is -0.107. The molecule has 26 heavy (non-hydrogen) atoms. The van der Waals surface area contributed by atoms with Gasteiger partial charge in [0.25, 0.3) is 5.91 Å². The van der Waals surface area contributed by atoms with E-state index in [4.69, 9.17) is 16.0 Å². The molecule has 1 aliphatic heterocycles. The molecule has 0 atom stereocenters. The van der Waals surface area contributed by atoms with E-state index in [1.54, 1.807) is 29.7 Å². The lowest BCUT2D eigenvalue weighted by molar-refractivity contribution is 0.0705. The van der Waals surface area contributed by atoms with E-state index in [0.29, 0.717) is 29.5 Å². The van der Waals surface area contributed by atoms with Gasteiger partial charge in [-0.15, -0.1) is 0 Å². The van der Waals surface area contributed by atoms with Gasteiger partial charge in [0.1, 0.15) is 0 Å². The van der Waals surface area contributed by atoms with Gasteiger partial charge in [-0.3, -0.25) is 4.79 Å². The van der Waals surface area contributed by atoms with Gasteiger partial charge in [-0.25, -0.2) is 9.50 Å². The molecule has 1 amide bonds. The zero-order chi connectivity index (χ0) is 17.7. The Morgan fingerprint density at radius 1 is 1.23 bits per heavy atom. The average molecular weight is 368 g/mol. The summed E-state index contributed by atoms with van der Waals surface area (Å²) in [5.41, 5.74) is 4.20. The first-order valence-corrected chi connectivity index (χ1v) is 8.58. The van der Waals surface area contributed by atoms with Gasteiger partial charge in [0.2, 0.25) is 0 Å². The first-order chi connectivity index (χ1) is 12.7. The maximum atomic E-state index is 12.9. The molecule has 8 heteroatoms. The third kappa shape index (κ3) is 2.40. The van der Waals surface area contributed by atoms with E-state index in [1.807, 2.05) is 12.1 Å². The highest BCUT2D eigenvalue weighted by molar-refractivity contribution is 6.30. The van der Waals surface area contributed by atoms with Crippen molar-refractivity contribution in [2.45, 2.75) is 13.1 Å². The third-order valence-corrected chi connectivity index (χ3v) is 4.82. The van der Waals surface area contributed by atoms with Crippen molar-refractivity contribution >= 4 is 23.2 Å². The van der Waals surface area contributed by atoms with Gasteiger partial charge < -0.3 is 13.9 Å². The van der Waals surface area contributed by atoms with Crippen LogP contribution in [0.3, 0.4) is 0 Å². The van der Waals surface area contributed by atoms with Crippen LogP contribution < -0.4 is 0 Å². The number of hydrogen-bond acceptors (Lipinski definition) is 4. The molecule has 0 fully saturated rings. The number of aromatic nitrogens is 4. The summed E-state index contributed by atoms with van der Waals surface area (Å²) in [6.45, 7) is 1.89. The molecule has 130 valence electrons. The van der Waals surface area contributed by atoms with Crippen LogP contribution in [0.4, 0.5) is 0 Å². The van der Waals surface area contributed by atoms with Gasteiger partial charge in [-0.1, -0.05) is 11.6 Å². The van der Waals surface area contributed by atoms with Crippen LogP contribution in [-0.4, -0.2) is 36.5 Å². The zero-order valence-electron chi connectivity index (χ0n) is 13.7. The first kappa shape index (κ1) is 15.2. The van der Waals surface area contributed by atoms with Crippen molar-refractivity contribution in [1.82, 2.24) is 24.1 Å². The fourth-order valence-electron chi connectivity index (χ4n) is 3.36. The Morgan fingerprint density at radius 3 is 3.00 bits per heavy atom. The van der Waals surface area contributed by atoms with E-state index in [1.165, 1.54) is 10.7 Å². The first-order valence-electron chi connectivity index (χ1n) is 8.20. The smallest absolute Gasteiger partial charge is 0.274 e. The third-order valence-electron chi connectivity index (χ3n) is 4.62. The molecular formula is C18H14ClN5O2. The van der Waals surface area contributed by atoms with Crippen LogP contribution in [0, 0.1) is 0 Å². The second kappa shape index (κ2) is 5.74. The van der Waals surface area contributed by atoms with Crippen LogP contribution in [0.25, 0.3) is 16.9 Å². The summed E-state index contributed by atoms with van der Waals surface area (Å²) in [6, 6.07) is 7.73. The Balaban J connectivity index is 1.42. The summed E-state index contributed by atoms with van der Waals surface area (Å²) < 4.78 is 8.93. The van der Waals surface area contributed by atoms with Crippen molar-refractivity contribution in [3.8, 4) is 11.3 Å². The molecule has 5 rings (SSSR count). The lowest BCUT2D eigenvalue weighted by Gasteiger charge is -2.29. The second-order valence-corrected chi connectivity index (χ2v) is 6.64. The van der Waals surface area contributed by atoms with Gasteiger partial charge >= 0.3 is 0 Å². The lowest BCUT2D eigenvalue weighted by atomic mass is 10.2. The van der Waals surface area contributed by atoms with E-state index in [0.717, 1.165) is 23.5 Å². The molecule has 0 saturated carbocycles. The van der Waals surface area contributed by atoms with Crippen molar-refractivity contribution < 1.29 is 9.21 Å². The van der Waals surface area contributed by atoms with Gasteiger partial charge in [-0.05, 0) is 18.2 Å². The lowest BCUT2D eigenvalue weighted by Crippen LogP contribution is -2.38. The monoisotopic (exact) mass is 367 g/mol. The molecule has 0 unspecified atom stereocenters. The number of furan rings is 1. The molecule has 0 aliphatic carbocycles. The Kier molecular flexibility index (Phi) is 3.36. The minimum absolute atomic E-state index is 0.107. The minimum Gasteiger partial charge on any atom is -0.472 e. The standard InChI is InChI=1S/C18H14ClN5O2/c19-13-8-20-17-7-15(21-24(17)9-13)18(25)22-4-5-23-14(10-22)1-2-16(23)12-3-6-26-11-12/h1-3,6-9,11H,4-5,10H2. The largest absolute Gasteiger partial charge is 0.472 e. The molecule has 0 radical (unpaired) electrons. The van der Waals surface area contributed by atoms with Crippen LogP contribution in [0.5, 0.6) is 0 Å². The Morgan fingerprint density at radius 2 is 2.15 bits per heavy atom.